The van der Waals surface area contributed by atoms with Crippen LogP contribution in [0.2, 0.25) is 25.7 Å². The zero-order valence-electron chi connectivity index (χ0n) is 12.9. The molecule has 0 fully saturated rings. The second-order valence-electron chi connectivity index (χ2n) is 6.35. The van der Waals surface area contributed by atoms with Gasteiger partial charge in [-0.1, -0.05) is 19.6 Å². The molecule has 2 aromatic heterocycles. The predicted molar refractivity (Wildman–Crippen MR) is 86.8 cm³/mol. The van der Waals surface area contributed by atoms with Crippen molar-refractivity contribution in [1.29, 1.82) is 0 Å². The van der Waals surface area contributed by atoms with Crippen LogP contribution in [-0.2, 0) is 11.5 Å². The van der Waals surface area contributed by atoms with Crippen molar-refractivity contribution in [3.05, 3.63) is 18.0 Å². The standard InChI is InChI=1S/C13H20BN3O3Si/c1-21(2,3)5-4-20-8-17-7-9(13(18)19)11-12(17)15-6-10(14)16-11/h6-7H,4-5,8,14H2,1-3H3,(H,18,19). The molecule has 112 valence electrons. The van der Waals surface area contributed by atoms with Gasteiger partial charge >= 0.3 is 5.97 Å². The predicted octanol–water partition coefficient (Wildman–Crippen LogP) is 0.700. The first-order valence-electron chi connectivity index (χ1n) is 6.91. The minimum atomic E-state index is -1.13. The molecule has 0 spiro atoms. The zero-order chi connectivity index (χ0) is 15.6. The van der Waals surface area contributed by atoms with E-state index in [0.717, 1.165) is 6.04 Å². The molecule has 0 atom stereocenters. The first-order chi connectivity index (χ1) is 9.78. The van der Waals surface area contributed by atoms with Crippen molar-refractivity contribution in [3.63, 3.8) is 0 Å². The van der Waals surface area contributed by atoms with Gasteiger partial charge in [0.05, 0.1) is 0 Å². The van der Waals surface area contributed by atoms with Gasteiger partial charge in [-0.15, -0.1) is 0 Å². The summed E-state index contributed by atoms with van der Waals surface area (Å²) in [6.45, 7) is 7.84. The van der Waals surface area contributed by atoms with Crippen molar-refractivity contribution >= 4 is 38.6 Å². The average molecular weight is 305 g/mol. The van der Waals surface area contributed by atoms with E-state index >= 15 is 0 Å². The summed E-state index contributed by atoms with van der Waals surface area (Å²) in [5.41, 5.74) is 1.82. The molecule has 2 rings (SSSR count). The van der Waals surface area contributed by atoms with Gasteiger partial charge in [0.1, 0.15) is 17.8 Å². The number of carbonyl (C=O) groups is 1. The van der Waals surface area contributed by atoms with Crippen LogP contribution < -0.4 is 5.59 Å². The minimum Gasteiger partial charge on any atom is -0.478 e. The molecule has 1 N–H and O–H groups in total. The van der Waals surface area contributed by atoms with Crippen LogP contribution in [0.3, 0.4) is 0 Å². The van der Waals surface area contributed by atoms with E-state index in [1.54, 1.807) is 24.8 Å². The van der Waals surface area contributed by atoms with Gasteiger partial charge in [-0.05, 0) is 6.04 Å². The molecule has 6 nitrogen and oxygen atoms in total. The van der Waals surface area contributed by atoms with Crippen LogP contribution in [0, 0.1) is 0 Å². The fourth-order valence-electron chi connectivity index (χ4n) is 1.94. The quantitative estimate of drug-likeness (QED) is 0.628. The lowest BCUT2D eigenvalue weighted by Gasteiger charge is -2.15. The zero-order valence-corrected chi connectivity index (χ0v) is 13.9. The van der Waals surface area contributed by atoms with Gasteiger partial charge in [0.25, 0.3) is 0 Å². The first-order valence-corrected chi connectivity index (χ1v) is 10.6. The monoisotopic (exact) mass is 305 g/mol. The Kier molecular flexibility index (Phi) is 4.48. The van der Waals surface area contributed by atoms with Crippen molar-refractivity contribution < 1.29 is 14.6 Å². The summed E-state index contributed by atoms with van der Waals surface area (Å²) in [5.74, 6) is -0.999. The number of rotatable bonds is 6. The van der Waals surface area contributed by atoms with E-state index in [-0.39, 0.29) is 5.56 Å². The van der Waals surface area contributed by atoms with E-state index in [4.69, 9.17) is 4.74 Å². The maximum atomic E-state index is 11.3. The minimum absolute atomic E-state index is 0.162. The average Bonchev–Trinajstić information content (AvgIpc) is 2.71. The second kappa shape index (κ2) is 5.99. The Balaban J connectivity index is 2.18. The van der Waals surface area contributed by atoms with E-state index in [2.05, 4.69) is 29.6 Å². The Morgan fingerprint density at radius 2 is 2.19 bits per heavy atom. The number of hydrogen-bond donors (Lipinski definition) is 1. The van der Waals surface area contributed by atoms with Gasteiger partial charge in [-0.2, -0.15) is 0 Å². The number of hydrogen-bond acceptors (Lipinski definition) is 4. The number of ether oxygens (including phenoxy) is 1. The van der Waals surface area contributed by atoms with E-state index in [1.807, 2.05) is 0 Å². The van der Waals surface area contributed by atoms with Crippen LogP contribution in [0.4, 0.5) is 0 Å². The molecule has 0 unspecified atom stereocenters. The van der Waals surface area contributed by atoms with Crippen LogP contribution in [0.5, 0.6) is 0 Å². The molecule has 0 aromatic carbocycles. The second-order valence-corrected chi connectivity index (χ2v) is 12.0. The largest absolute Gasteiger partial charge is 0.478 e. The summed E-state index contributed by atoms with van der Waals surface area (Å²) in [6.07, 6.45) is 3.17. The fraction of sp³-hybridized carbons (Fsp3) is 0.462. The van der Waals surface area contributed by atoms with E-state index < -0.39 is 14.0 Å². The number of aromatic nitrogens is 3. The third-order valence-corrected chi connectivity index (χ3v) is 4.85. The summed E-state index contributed by atoms with van der Waals surface area (Å²) in [5, 5.41) is 9.25. The molecular weight excluding hydrogens is 285 g/mol. The molecule has 0 amide bonds. The summed E-state index contributed by atoms with van der Waals surface area (Å²) in [4.78, 5) is 19.8. The molecule has 0 aliphatic carbocycles. The Morgan fingerprint density at radius 3 is 2.81 bits per heavy atom. The topological polar surface area (TPSA) is 77.2 Å². The Bertz CT molecular complexity index is 666. The normalized spacial score (nSPS) is 12.0. The van der Waals surface area contributed by atoms with Crippen molar-refractivity contribution in [3.8, 4) is 0 Å². The van der Waals surface area contributed by atoms with E-state index in [1.165, 1.54) is 0 Å². The number of nitrogens with zero attached hydrogens (tertiary/aromatic N) is 3. The molecule has 2 aromatic rings. The lowest BCUT2D eigenvalue weighted by Crippen LogP contribution is -2.22. The van der Waals surface area contributed by atoms with Crippen molar-refractivity contribution in [2.75, 3.05) is 6.61 Å². The molecular formula is C13H20BN3O3Si. The molecule has 8 heteroatoms. The van der Waals surface area contributed by atoms with Crippen LogP contribution in [0.25, 0.3) is 11.2 Å². The summed E-state index contributed by atoms with van der Waals surface area (Å²) >= 11 is 0. The van der Waals surface area contributed by atoms with Crippen LogP contribution in [-0.4, -0.2) is 48.1 Å². The molecule has 0 radical (unpaired) electrons. The Morgan fingerprint density at radius 1 is 1.48 bits per heavy atom. The third kappa shape index (κ3) is 3.92. The van der Waals surface area contributed by atoms with Gasteiger partial charge in [-0.3, -0.25) is 4.98 Å². The van der Waals surface area contributed by atoms with Gasteiger partial charge in [0, 0.05) is 32.7 Å². The number of carboxylic acids is 1. The van der Waals surface area contributed by atoms with E-state index in [9.17, 15) is 9.90 Å². The Hall–Kier alpha value is -1.67. The molecule has 0 bridgehead atoms. The lowest BCUT2D eigenvalue weighted by molar-refractivity contribution is 0.0696. The highest BCUT2D eigenvalue weighted by Crippen LogP contribution is 2.17. The fourth-order valence-corrected chi connectivity index (χ4v) is 2.69. The maximum absolute atomic E-state index is 11.3. The number of fused-ring (bicyclic) bond motifs is 1. The number of aromatic carboxylic acids is 1. The maximum Gasteiger partial charge on any atom is 0.339 e. The Labute approximate surface area is 125 Å². The van der Waals surface area contributed by atoms with Crippen LogP contribution >= 0.6 is 0 Å². The molecule has 2 heterocycles. The molecule has 0 saturated carbocycles. The van der Waals surface area contributed by atoms with Crippen LogP contribution in [0.1, 0.15) is 10.4 Å². The lowest BCUT2D eigenvalue weighted by atomic mass is 10.1. The molecule has 0 aliphatic heterocycles. The van der Waals surface area contributed by atoms with Gasteiger partial charge in [0.2, 0.25) is 0 Å². The molecule has 0 saturated heterocycles. The smallest absolute Gasteiger partial charge is 0.339 e. The highest BCUT2D eigenvalue weighted by Gasteiger charge is 2.17. The molecule has 21 heavy (non-hydrogen) atoms. The summed E-state index contributed by atoms with van der Waals surface area (Å²) < 4.78 is 7.37. The van der Waals surface area contributed by atoms with Gasteiger partial charge < -0.3 is 14.4 Å². The molecule has 0 aliphatic rings. The summed E-state index contributed by atoms with van der Waals surface area (Å²) in [7, 11) is 0.666. The van der Waals surface area contributed by atoms with Crippen molar-refractivity contribution in [2.24, 2.45) is 0 Å². The van der Waals surface area contributed by atoms with Crippen LogP contribution in [0.15, 0.2) is 12.4 Å². The van der Waals surface area contributed by atoms with E-state index in [0.29, 0.717) is 30.1 Å². The number of carboxylic acid groups (broad SMARTS) is 1. The highest BCUT2D eigenvalue weighted by atomic mass is 28.3. The van der Waals surface area contributed by atoms with Gasteiger partial charge in [-0.25, -0.2) is 9.78 Å². The SMILES string of the molecule is Bc1cnc2c(n1)c(C(=O)O)cn2COCC[Si](C)(C)C. The third-order valence-electron chi connectivity index (χ3n) is 3.14. The summed E-state index contributed by atoms with van der Waals surface area (Å²) in [6, 6.07) is 1.07. The van der Waals surface area contributed by atoms with Crippen molar-refractivity contribution in [2.45, 2.75) is 32.4 Å². The van der Waals surface area contributed by atoms with Crippen molar-refractivity contribution in [1.82, 2.24) is 14.5 Å². The first kappa shape index (κ1) is 15.7. The highest BCUT2D eigenvalue weighted by molar-refractivity contribution is 6.76. The van der Waals surface area contributed by atoms with Gasteiger partial charge in [0.15, 0.2) is 13.5 Å².